The molecule has 8 nitrogen and oxygen atoms in total. The number of aliphatic hydroxyl groups is 1. The molecule has 398 valence electrons. The first kappa shape index (κ1) is 66.0. The highest BCUT2D eigenvalue weighted by Gasteiger charge is 2.27. The van der Waals surface area contributed by atoms with Crippen molar-refractivity contribution >= 4 is 13.7 Å². The molecular formula is C58H116N2O6P+. The van der Waals surface area contributed by atoms with Crippen molar-refractivity contribution in [3.05, 3.63) is 24.3 Å². The Bertz CT molecular complexity index is 1140. The van der Waals surface area contributed by atoms with E-state index in [0.717, 1.165) is 38.5 Å². The summed E-state index contributed by atoms with van der Waals surface area (Å²) in [6.07, 6.45) is 62.8. The summed E-state index contributed by atoms with van der Waals surface area (Å²) in [4.78, 5) is 23.3. The molecule has 9 heteroatoms. The molecule has 0 aromatic rings. The number of hydrogen-bond donors (Lipinski definition) is 3. The quantitative estimate of drug-likeness (QED) is 0.0243. The molecule has 0 aliphatic rings. The Hall–Kier alpha value is -1.02. The van der Waals surface area contributed by atoms with Crippen molar-refractivity contribution in [2.75, 3.05) is 40.9 Å². The predicted molar refractivity (Wildman–Crippen MR) is 291 cm³/mol. The van der Waals surface area contributed by atoms with Gasteiger partial charge in [-0.1, -0.05) is 263 Å². The second kappa shape index (κ2) is 49.9. The molecule has 67 heavy (non-hydrogen) atoms. The van der Waals surface area contributed by atoms with Gasteiger partial charge in [0.05, 0.1) is 39.9 Å². The fourth-order valence-electron chi connectivity index (χ4n) is 8.80. The maximum Gasteiger partial charge on any atom is 0.472 e. The van der Waals surface area contributed by atoms with Crippen LogP contribution in [0, 0.1) is 0 Å². The summed E-state index contributed by atoms with van der Waals surface area (Å²) >= 11 is 0. The SMILES string of the molecule is CCCCCCCCCCCC/C=C\CCCCCCCCCC(=O)NC(COP(=O)(O)OCC[N+](C)(C)C)C(O)/C=C/CCCCCCCCCCCCCCCCCCCCCCCC. The molecule has 0 saturated carbocycles. The number of phosphoric acid groups is 1. The van der Waals surface area contributed by atoms with Crippen LogP contribution in [0.15, 0.2) is 24.3 Å². The molecule has 3 unspecified atom stereocenters. The van der Waals surface area contributed by atoms with Crippen LogP contribution in [-0.4, -0.2) is 73.4 Å². The lowest BCUT2D eigenvalue weighted by Crippen LogP contribution is -2.45. The van der Waals surface area contributed by atoms with E-state index in [1.54, 1.807) is 6.08 Å². The Balaban J connectivity index is 4.21. The molecule has 0 radical (unpaired) electrons. The highest BCUT2D eigenvalue weighted by Crippen LogP contribution is 2.43. The Kier molecular flexibility index (Phi) is 49.2. The minimum absolute atomic E-state index is 0.0623. The van der Waals surface area contributed by atoms with Gasteiger partial charge >= 0.3 is 7.82 Å². The van der Waals surface area contributed by atoms with Gasteiger partial charge in [-0.3, -0.25) is 13.8 Å². The lowest BCUT2D eigenvalue weighted by Gasteiger charge is -2.25. The first-order valence-corrected chi connectivity index (χ1v) is 30.7. The van der Waals surface area contributed by atoms with Crippen LogP contribution in [0.4, 0.5) is 0 Å². The van der Waals surface area contributed by atoms with Crippen LogP contribution in [-0.2, 0) is 18.4 Å². The van der Waals surface area contributed by atoms with E-state index in [2.05, 4.69) is 31.3 Å². The predicted octanol–water partition coefficient (Wildman–Crippen LogP) is 17.6. The first-order valence-electron chi connectivity index (χ1n) is 29.2. The van der Waals surface area contributed by atoms with Crippen molar-refractivity contribution in [2.45, 2.75) is 302 Å². The third-order valence-electron chi connectivity index (χ3n) is 13.4. The molecule has 0 aromatic carbocycles. The Labute approximate surface area is 417 Å². The summed E-state index contributed by atoms with van der Waals surface area (Å²) in [5, 5.41) is 13.9. The maximum absolute atomic E-state index is 13.0. The Morgan fingerprint density at radius 2 is 0.806 bits per heavy atom. The number of aliphatic hydroxyl groups excluding tert-OH is 1. The molecule has 0 saturated heterocycles. The molecule has 0 rings (SSSR count). The van der Waals surface area contributed by atoms with Crippen molar-refractivity contribution in [3.63, 3.8) is 0 Å². The van der Waals surface area contributed by atoms with Gasteiger partial charge in [0.1, 0.15) is 13.2 Å². The van der Waals surface area contributed by atoms with Gasteiger partial charge in [-0.15, -0.1) is 0 Å². The third-order valence-corrected chi connectivity index (χ3v) is 14.4. The molecule has 0 aliphatic carbocycles. The van der Waals surface area contributed by atoms with Gasteiger partial charge in [0.25, 0.3) is 0 Å². The number of carbonyl (C=O) groups excluding carboxylic acids is 1. The fourth-order valence-corrected chi connectivity index (χ4v) is 9.54. The van der Waals surface area contributed by atoms with E-state index in [0.29, 0.717) is 17.4 Å². The summed E-state index contributed by atoms with van der Waals surface area (Å²) in [6.45, 7) is 4.86. The number of unbranched alkanes of at least 4 members (excludes halogenated alkanes) is 39. The number of amides is 1. The topological polar surface area (TPSA) is 105 Å². The Morgan fingerprint density at radius 1 is 0.493 bits per heavy atom. The number of likely N-dealkylation sites (N-methyl/N-ethyl adjacent to an activating group) is 1. The zero-order chi connectivity index (χ0) is 49.2. The second-order valence-electron chi connectivity index (χ2n) is 21.4. The lowest BCUT2D eigenvalue weighted by atomic mass is 10.0. The van der Waals surface area contributed by atoms with E-state index in [9.17, 15) is 19.4 Å². The van der Waals surface area contributed by atoms with Gasteiger partial charge in [0.2, 0.25) is 5.91 Å². The second-order valence-corrected chi connectivity index (χ2v) is 22.8. The molecule has 3 N–H and O–H groups in total. The van der Waals surface area contributed by atoms with Crippen LogP contribution in [0.2, 0.25) is 0 Å². The lowest BCUT2D eigenvalue weighted by molar-refractivity contribution is -0.870. The van der Waals surface area contributed by atoms with Crippen LogP contribution in [0.25, 0.3) is 0 Å². The molecule has 0 aromatic heterocycles. The number of carbonyl (C=O) groups is 1. The van der Waals surface area contributed by atoms with E-state index >= 15 is 0 Å². The van der Waals surface area contributed by atoms with E-state index < -0.39 is 20.0 Å². The Morgan fingerprint density at radius 3 is 1.15 bits per heavy atom. The van der Waals surface area contributed by atoms with E-state index in [1.165, 1.54) is 231 Å². The van der Waals surface area contributed by atoms with Crippen LogP contribution in [0.5, 0.6) is 0 Å². The summed E-state index contributed by atoms with van der Waals surface area (Å²) in [7, 11) is 1.58. The summed E-state index contributed by atoms with van der Waals surface area (Å²) < 4.78 is 23.7. The van der Waals surface area contributed by atoms with Crippen LogP contribution in [0.1, 0.15) is 290 Å². The highest BCUT2D eigenvalue weighted by molar-refractivity contribution is 7.47. The summed E-state index contributed by atoms with van der Waals surface area (Å²) in [6, 6.07) is -0.847. The van der Waals surface area contributed by atoms with E-state index in [-0.39, 0.29) is 19.1 Å². The minimum Gasteiger partial charge on any atom is -0.387 e. The molecule has 0 spiro atoms. The van der Waals surface area contributed by atoms with Crippen molar-refractivity contribution in [3.8, 4) is 0 Å². The number of allylic oxidation sites excluding steroid dienone is 3. The zero-order valence-corrected chi connectivity index (χ0v) is 46.3. The van der Waals surface area contributed by atoms with Crippen LogP contribution >= 0.6 is 7.82 Å². The number of rotatable bonds is 54. The number of nitrogens with zero attached hydrogens (tertiary/aromatic N) is 1. The number of phosphoric ester groups is 1. The van der Waals surface area contributed by atoms with Crippen LogP contribution < -0.4 is 5.32 Å². The van der Waals surface area contributed by atoms with Gasteiger partial charge in [-0.2, -0.15) is 0 Å². The minimum atomic E-state index is -4.35. The zero-order valence-electron chi connectivity index (χ0n) is 45.4. The maximum atomic E-state index is 13.0. The monoisotopic (exact) mass is 968 g/mol. The van der Waals surface area contributed by atoms with Gasteiger partial charge < -0.3 is 19.8 Å². The third kappa shape index (κ3) is 52.6. The van der Waals surface area contributed by atoms with Gasteiger partial charge in [0.15, 0.2) is 0 Å². The standard InChI is InChI=1S/C58H115N2O6P/c1-6-8-10-12-14-16-18-20-22-24-26-28-29-30-32-33-35-37-39-41-43-45-47-49-51-57(61)56(55-66-67(63,64)65-54-53-60(3,4)5)59-58(62)52-50-48-46-44-42-40-38-36-34-31-27-25-23-21-19-17-15-13-11-9-7-2/h31,34,49,51,56-57,61H,6-30,32-33,35-48,50,52-55H2,1-5H3,(H-,59,62,63,64)/p+1/b34-31-,51-49+. The van der Waals surface area contributed by atoms with Gasteiger partial charge in [-0.25, -0.2) is 4.57 Å². The molecule has 0 fully saturated rings. The normalized spacial score (nSPS) is 14.1. The smallest absolute Gasteiger partial charge is 0.387 e. The number of nitrogens with one attached hydrogen (secondary N) is 1. The molecule has 0 heterocycles. The van der Waals surface area contributed by atoms with Crippen molar-refractivity contribution in [1.82, 2.24) is 5.32 Å². The highest BCUT2D eigenvalue weighted by atomic mass is 31.2. The molecule has 1 amide bonds. The average molecular weight is 969 g/mol. The van der Waals surface area contributed by atoms with Crippen molar-refractivity contribution < 1.29 is 32.9 Å². The fraction of sp³-hybridized carbons (Fsp3) is 0.914. The van der Waals surface area contributed by atoms with E-state index in [4.69, 9.17) is 9.05 Å². The largest absolute Gasteiger partial charge is 0.472 e. The van der Waals surface area contributed by atoms with Crippen LogP contribution in [0.3, 0.4) is 0 Å². The molecule has 3 atom stereocenters. The summed E-state index contributed by atoms with van der Waals surface area (Å²) in [5.74, 6) is -0.177. The first-order chi connectivity index (χ1) is 32.5. The van der Waals surface area contributed by atoms with Gasteiger partial charge in [-0.05, 0) is 44.9 Å². The number of hydrogen-bond acceptors (Lipinski definition) is 5. The number of quaternary nitrogens is 1. The molecule has 0 bridgehead atoms. The van der Waals surface area contributed by atoms with Crippen molar-refractivity contribution in [2.24, 2.45) is 0 Å². The average Bonchev–Trinajstić information content (AvgIpc) is 3.29. The van der Waals surface area contributed by atoms with Gasteiger partial charge in [0, 0.05) is 6.42 Å². The molecule has 0 aliphatic heterocycles. The van der Waals surface area contributed by atoms with Crippen molar-refractivity contribution in [1.29, 1.82) is 0 Å². The van der Waals surface area contributed by atoms with E-state index in [1.807, 2.05) is 27.2 Å². The molecular weight excluding hydrogens is 852 g/mol. The summed E-state index contributed by atoms with van der Waals surface area (Å²) in [5.41, 5.74) is 0.